The monoisotopic (exact) mass is 431 g/mol. The zero-order valence-corrected chi connectivity index (χ0v) is 17.5. The zero-order chi connectivity index (χ0) is 22.8. The fourth-order valence-electron chi connectivity index (χ4n) is 2.89. The molecule has 31 heavy (non-hydrogen) atoms. The normalized spacial score (nSPS) is 21.3. The number of amides is 1. The van der Waals surface area contributed by atoms with Crippen LogP contribution >= 0.6 is 0 Å². The van der Waals surface area contributed by atoms with E-state index in [4.69, 9.17) is 0 Å². The van der Waals surface area contributed by atoms with Gasteiger partial charge in [0, 0.05) is 25.5 Å². The van der Waals surface area contributed by atoms with Crippen molar-refractivity contribution >= 4 is 11.7 Å². The Morgan fingerprint density at radius 1 is 1.39 bits per heavy atom. The molecule has 5 N–H and O–H groups in total. The number of aliphatic hydroxyl groups is 3. The first-order valence-electron chi connectivity index (χ1n) is 9.87. The minimum Gasteiger partial charge on any atom is -0.504 e. The van der Waals surface area contributed by atoms with Crippen LogP contribution in [-0.2, 0) is 16.1 Å². The number of hydrogen-bond donors (Lipinski definition) is 5. The van der Waals surface area contributed by atoms with E-state index < -0.39 is 23.7 Å². The number of aromatic nitrogens is 1. The fourth-order valence-corrected chi connectivity index (χ4v) is 2.89. The molecule has 1 aliphatic heterocycles. The molecule has 0 spiro atoms. The molecule has 1 atom stereocenters. The molecule has 168 valence electrons. The number of pyridine rings is 1. The Kier molecular flexibility index (Phi) is 9.35. The molecule has 1 unspecified atom stereocenters. The van der Waals surface area contributed by atoms with E-state index in [-0.39, 0.29) is 37.5 Å². The number of hydrazine groups is 1. The molecular formula is C21H29N5O5. The van der Waals surface area contributed by atoms with E-state index in [1.807, 2.05) is 6.07 Å². The molecule has 1 aliphatic rings. The van der Waals surface area contributed by atoms with Crippen LogP contribution in [0.2, 0.25) is 0 Å². The summed E-state index contributed by atoms with van der Waals surface area (Å²) >= 11 is 0. The van der Waals surface area contributed by atoms with E-state index in [1.165, 1.54) is 18.0 Å². The lowest BCUT2D eigenvalue weighted by atomic mass is 10.0. The number of ketones is 1. The van der Waals surface area contributed by atoms with Crippen LogP contribution in [0.4, 0.5) is 0 Å². The molecule has 1 amide bonds. The molecule has 2 heterocycles. The van der Waals surface area contributed by atoms with Gasteiger partial charge in [0.25, 0.3) is 5.91 Å². The van der Waals surface area contributed by atoms with Crippen molar-refractivity contribution in [2.24, 2.45) is 0 Å². The van der Waals surface area contributed by atoms with Gasteiger partial charge in [-0.3, -0.25) is 19.9 Å². The number of nitrogens with zero attached hydrogens (tertiary/aromatic N) is 3. The Hall–Kier alpha value is -3.05. The number of β-amino-alcohol motifs (C(OH)–C–C–N with tert-alkyl or cyclic N) is 1. The minimum atomic E-state index is -1.38. The highest BCUT2D eigenvalue weighted by molar-refractivity contribution is 6.11. The number of hydrogen-bond acceptors (Lipinski definition) is 9. The lowest BCUT2D eigenvalue weighted by Crippen LogP contribution is -2.48. The van der Waals surface area contributed by atoms with Crippen LogP contribution in [0, 0.1) is 0 Å². The molecule has 0 saturated carbocycles. The van der Waals surface area contributed by atoms with Crippen molar-refractivity contribution in [2.45, 2.75) is 26.1 Å². The number of allylic oxidation sites excluding steroid dienone is 1. The van der Waals surface area contributed by atoms with Crippen LogP contribution in [0.25, 0.3) is 0 Å². The summed E-state index contributed by atoms with van der Waals surface area (Å²) in [5, 5.41) is 34.6. The van der Waals surface area contributed by atoms with E-state index >= 15 is 0 Å². The van der Waals surface area contributed by atoms with Crippen LogP contribution in [0.1, 0.15) is 19.0 Å². The first-order valence-corrected chi connectivity index (χ1v) is 9.87. The summed E-state index contributed by atoms with van der Waals surface area (Å²) in [6.07, 6.45) is 3.76. The van der Waals surface area contributed by atoms with Gasteiger partial charge < -0.3 is 25.6 Å². The molecule has 0 bridgehead atoms. The number of nitrogens with one attached hydrogen (secondary N) is 2. The molecule has 0 aromatic carbocycles. The fraction of sp³-hybridized carbons (Fsp3) is 0.381. The van der Waals surface area contributed by atoms with E-state index in [0.717, 1.165) is 0 Å². The Morgan fingerprint density at radius 3 is 2.81 bits per heavy atom. The molecule has 10 nitrogen and oxygen atoms in total. The second kappa shape index (κ2) is 12.0. The summed E-state index contributed by atoms with van der Waals surface area (Å²) in [7, 11) is 0. The van der Waals surface area contributed by atoms with Gasteiger partial charge in [-0.2, -0.15) is 5.01 Å². The summed E-state index contributed by atoms with van der Waals surface area (Å²) in [6, 6.07) is 5.40. The number of carbonyl (C=O) groups excluding carboxylic acids is 2. The first-order chi connectivity index (χ1) is 14.9. The van der Waals surface area contributed by atoms with Crippen LogP contribution in [0.5, 0.6) is 0 Å². The van der Waals surface area contributed by atoms with Crippen molar-refractivity contribution in [3.05, 3.63) is 65.9 Å². The van der Waals surface area contributed by atoms with Crippen molar-refractivity contribution in [3.63, 3.8) is 0 Å². The standard InChI is InChI=1S/C21H29N5O5/c1-3-4-8-23-20(30)17-12-24-26(13-16-7-5-6-9-22-16)14-25(10-11-27)21(31)15(2)18(28)19(17)29/h3,5-7,9,12,20,23-24,27-28,30H,1,4,8,10-11,13-14H2,2H3/b17-12+,18-15-. The molecule has 0 aliphatic carbocycles. The number of aliphatic hydroxyl groups excluding tert-OH is 3. The SMILES string of the molecule is C=CCCNC(O)/C1=C/NN(Cc2ccccn2)CN(CCO)C(=O)/C(C)=C(\O)C1=O. The maximum absolute atomic E-state index is 12.9. The molecule has 1 aromatic rings. The van der Waals surface area contributed by atoms with Gasteiger partial charge >= 0.3 is 0 Å². The average molecular weight is 431 g/mol. The van der Waals surface area contributed by atoms with Crippen molar-refractivity contribution < 1.29 is 24.9 Å². The van der Waals surface area contributed by atoms with Gasteiger partial charge in [-0.15, -0.1) is 6.58 Å². The van der Waals surface area contributed by atoms with Gasteiger partial charge in [-0.1, -0.05) is 12.1 Å². The van der Waals surface area contributed by atoms with Gasteiger partial charge in [0.2, 0.25) is 5.78 Å². The number of carbonyl (C=O) groups is 2. The quantitative estimate of drug-likeness (QED) is 0.207. The van der Waals surface area contributed by atoms with E-state index in [0.29, 0.717) is 18.7 Å². The maximum atomic E-state index is 12.9. The Morgan fingerprint density at radius 2 is 2.16 bits per heavy atom. The highest BCUT2D eigenvalue weighted by atomic mass is 16.3. The van der Waals surface area contributed by atoms with Crippen molar-refractivity contribution in [1.82, 2.24) is 25.6 Å². The third kappa shape index (κ3) is 6.72. The highest BCUT2D eigenvalue weighted by Gasteiger charge is 2.29. The van der Waals surface area contributed by atoms with Crippen molar-refractivity contribution in [3.8, 4) is 0 Å². The van der Waals surface area contributed by atoms with Gasteiger partial charge in [0.1, 0.15) is 6.23 Å². The maximum Gasteiger partial charge on any atom is 0.254 e. The summed E-state index contributed by atoms with van der Waals surface area (Å²) < 4.78 is 0. The minimum absolute atomic E-state index is 0.000345. The third-order valence-corrected chi connectivity index (χ3v) is 4.61. The number of rotatable bonds is 9. The van der Waals surface area contributed by atoms with E-state index in [1.54, 1.807) is 29.4 Å². The molecular weight excluding hydrogens is 402 g/mol. The number of Topliss-reactive ketones (excluding diaryl/α,β-unsaturated/α-hetero) is 1. The molecule has 1 aromatic heterocycles. The second-order valence-electron chi connectivity index (χ2n) is 6.92. The molecule has 0 fully saturated rings. The van der Waals surface area contributed by atoms with Gasteiger partial charge in [-0.25, -0.2) is 0 Å². The predicted molar refractivity (Wildman–Crippen MR) is 114 cm³/mol. The van der Waals surface area contributed by atoms with E-state index in [9.17, 15) is 24.9 Å². The van der Waals surface area contributed by atoms with Crippen LogP contribution < -0.4 is 10.7 Å². The van der Waals surface area contributed by atoms with E-state index in [2.05, 4.69) is 22.3 Å². The molecule has 0 radical (unpaired) electrons. The molecule has 0 saturated heterocycles. The summed E-state index contributed by atoms with van der Waals surface area (Å²) in [5.41, 5.74) is 3.28. The van der Waals surface area contributed by atoms with Gasteiger partial charge in [0.05, 0.1) is 36.7 Å². The molecule has 10 heteroatoms. The van der Waals surface area contributed by atoms with Crippen LogP contribution in [-0.4, -0.2) is 74.5 Å². The highest BCUT2D eigenvalue weighted by Crippen LogP contribution is 2.16. The Balaban J connectivity index is 2.40. The van der Waals surface area contributed by atoms with Crippen molar-refractivity contribution in [1.29, 1.82) is 0 Å². The first kappa shape index (κ1) is 24.2. The average Bonchev–Trinajstić information content (AvgIpc) is 2.77. The lowest BCUT2D eigenvalue weighted by molar-refractivity contribution is -0.131. The molecule has 2 rings (SSSR count). The van der Waals surface area contributed by atoms with Crippen LogP contribution in [0.15, 0.2) is 60.2 Å². The van der Waals surface area contributed by atoms with Gasteiger partial charge in [-0.05, 0) is 25.5 Å². The Labute approximate surface area is 181 Å². The van der Waals surface area contributed by atoms with Gasteiger partial charge in [0.15, 0.2) is 5.76 Å². The summed E-state index contributed by atoms with van der Waals surface area (Å²) in [5.74, 6) is -2.26. The smallest absolute Gasteiger partial charge is 0.254 e. The largest absolute Gasteiger partial charge is 0.504 e. The summed E-state index contributed by atoms with van der Waals surface area (Å²) in [6.45, 7) is 5.29. The lowest BCUT2D eigenvalue weighted by Gasteiger charge is -2.31. The van der Waals surface area contributed by atoms with Crippen LogP contribution in [0.3, 0.4) is 0 Å². The summed E-state index contributed by atoms with van der Waals surface area (Å²) in [4.78, 5) is 31.3. The zero-order valence-electron chi connectivity index (χ0n) is 17.5. The third-order valence-electron chi connectivity index (χ3n) is 4.61. The van der Waals surface area contributed by atoms with Crippen molar-refractivity contribution in [2.75, 3.05) is 26.4 Å². The predicted octanol–water partition coefficient (Wildman–Crippen LogP) is -0.0507. The topological polar surface area (TPSA) is 138 Å². The Bertz CT molecular complexity index is 840. The second-order valence-corrected chi connectivity index (χ2v) is 6.92.